The van der Waals surface area contributed by atoms with E-state index in [9.17, 15) is 0 Å². The lowest BCUT2D eigenvalue weighted by atomic mass is 9.91. The van der Waals surface area contributed by atoms with E-state index in [1.165, 1.54) is 97.1 Å². The summed E-state index contributed by atoms with van der Waals surface area (Å²) in [5.74, 6) is 2.01. The van der Waals surface area contributed by atoms with E-state index in [1.54, 1.807) is 0 Å². The average Bonchev–Trinajstić information content (AvgIpc) is 2.92. The van der Waals surface area contributed by atoms with Gasteiger partial charge in [-0.25, -0.2) is 0 Å². The Morgan fingerprint density at radius 3 is 1.85 bits per heavy atom. The summed E-state index contributed by atoms with van der Waals surface area (Å²) in [5, 5.41) is 3.58. The van der Waals surface area contributed by atoms with Crippen molar-refractivity contribution < 1.29 is 0 Å². The lowest BCUT2D eigenvalue weighted by Crippen LogP contribution is -2.53. The lowest BCUT2D eigenvalue weighted by Gasteiger charge is -2.40. The first-order chi connectivity index (χ1) is 12.8. The van der Waals surface area contributed by atoms with Crippen LogP contribution < -0.4 is 5.32 Å². The largest absolute Gasteiger partial charge is 0.314 e. The van der Waals surface area contributed by atoms with Crippen LogP contribution in [0.3, 0.4) is 0 Å². The predicted molar refractivity (Wildman–Crippen MR) is 115 cm³/mol. The second kappa shape index (κ2) is 12.4. The average molecular weight is 366 g/mol. The zero-order valence-corrected chi connectivity index (χ0v) is 18.3. The Bertz CT molecular complexity index is 329. The maximum atomic E-state index is 3.58. The van der Waals surface area contributed by atoms with Crippen molar-refractivity contribution in [2.45, 2.75) is 97.6 Å². The fourth-order valence-electron chi connectivity index (χ4n) is 5.26. The molecule has 3 saturated heterocycles. The van der Waals surface area contributed by atoms with Crippen molar-refractivity contribution in [2.24, 2.45) is 11.8 Å². The molecule has 1 aliphatic carbocycles. The highest BCUT2D eigenvalue weighted by Gasteiger charge is 2.37. The van der Waals surface area contributed by atoms with Crippen LogP contribution in [0.25, 0.3) is 0 Å². The maximum Gasteiger partial charge on any atom is 0.0224 e. The molecule has 4 fully saturated rings. The molecule has 3 aliphatic heterocycles. The molecular formula is C23H47N3. The monoisotopic (exact) mass is 365 g/mol. The number of hydrogen-bond acceptors (Lipinski definition) is 3. The Morgan fingerprint density at radius 2 is 1.38 bits per heavy atom. The number of fused-ring (bicyclic) bond motifs is 2. The van der Waals surface area contributed by atoms with Gasteiger partial charge in [-0.2, -0.15) is 0 Å². The van der Waals surface area contributed by atoms with E-state index >= 15 is 0 Å². The van der Waals surface area contributed by atoms with E-state index in [4.69, 9.17) is 0 Å². The standard InChI is InChI=1S/C14H27N3.C7H14.C2H6/c1-2-16-7-5-12(6-8-16)11-17-13-3-4-14(17)10-15-9-13;1-7-5-3-2-4-6-7;1-2/h12-15H,2-11H2,1H3;7H,2-6H2,1H3;1-2H3. The third-order valence-corrected chi connectivity index (χ3v) is 7.05. The molecule has 0 aromatic carbocycles. The van der Waals surface area contributed by atoms with Gasteiger partial charge in [0, 0.05) is 31.7 Å². The Morgan fingerprint density at radius 1 is 0.808 bits per heavy atom. The molecule has 2 atom stereocenters. The Labute approximate surface area is 164 Å². The molecule has 0 spiro atoms. The highest BCUT2D eigenvalue weighted by atomic mass is 15.3. The van der Waals surface area contributed by atoms with Gasteiger partial charge in [0.25, 0.3) is 0 Å². The molecule has 0 radical (unpaired) electrons. The van der Waals surface area contributed by atoms with Crippen molar-refractivity contribution in [3.8, 4) is 0 Å². The second-order valence-electron chi connectivity index (χ2n) is 8.86. The number of piperidine rings is 1. The molecule has 4 rings (SSSR count). The SMILES string of the molecule is CC.CC1CCCCC1.CCN1CCC(CN2C3CCC2CNC3)CC1. The number of nitrogens with zero attached hydrogens (tertiary/aromatic N) is 2. The second-order valence-corrected chi connectivity index (χ2v) is 8.86. The topological polar surface area (TPSA) is 18.5 Å². The minimum absolute atomic E-state index is 0.859. The molecule has 3 nitrogen and oxygen atoms in total. The fraction of sp³-hybridized carbons (Fsp3) is 1.00. The third-order valence-electron chi connectivity index (χ3n) is 7.05. The zero-order chi connectivity index (χ0) is 18.8. The molecule has 26 heavy (non-hydrogen) atoms. The first kappa shape index (κ1) is 22.2. The van der Waals surface area contributed by atoms with Crippen LogP contribution >= 0.6 is 0 Å². The van der Waals surface area contributed by atoms with Gasteiger partial charge in [0.05, 0.1) is 0 Å². The Kier molecular flexibility index (Phi) is 10.5. The fourth-order valence-corrected chi connectivity index (χ4v) is 5.26. The summed E-state index contributed by atoms with van der Waals surface area (Å²) in [7, 11) is 0. The van der Waals surface area contributed by atoms with Gasteiger partial charge in [0.15, 0.2) is 0 Å². The van der Waals surface area contributed by atoms with Gasteiger partial charge < -0.3 is 10.2 Å². The third kappa shape index (κ3) is 6.80. The van der Waals surface area contributed by atoms with E-state index < -0.39 is 0 Å². The molecule has 3 heterocycles. The van der Waals surface area contributed by atoms with E-state index in [1.807, 2.05) is 13.8 Å². The van der Waals surface area contributed by atoms with Gasteiger partial charge >= 0.3 is 0 Å². The number of piperazine rings is 1. The van der Waals surface area contributed by atoms with E-state index in [0.717, 1.165) is 23.9 Å². The van der Waals surface area contributed by atoms with E-state index in [2.05, 4.69) is 29.0 Å². The van der Waals surface area contributed by atoms with E-state index in [0.29, 0.717) is 0 Å². The van der Waals surface area contributed by atoms with Crippen LogP contribution in [-0.4, -0.2) is 61.2 Å². The first-order valence-electron chi connectivity index (χ1n) is 11.9. The van der Waals surface area contributed by atoms with Crippen LogP contribution in [-0.2, 0) is 0 Å². The van der Waals surface area contributed by atoms with Crippen LogP contribution in [0.15, 0.2) is 0 Å². The summed E-state index contributed by atoms with van der Waals surface area (Å²) >= 11 is 0. The molecule has 3 heteroatoms. The zero-order valence-electron chi connectivity index (χ0n) is 18.3. The van der Waals surface area contributed by atoms with Gasteiger partial charge in [-0.1, -0.05) is 59.8 Å². The molecule has 2 bridgehead atoms. The van der Waals surface area contributed by atoms with Crippen molar-refractivity contribution >= 4 is 0 Å². The smallest absolute Gasteiger partial charge is 0.0224 e. The van der Waals surface area contributed by atoms with Gasteiger partial charge in [-0.05, 0) is 57.2 Å². The molecule has 0 amide bonds. The summed E-state index contributed by atoms with van der Waals surface area (Å²) in [6, 6.07) is 1.72. The Balaban J connectivity index is 0.000000227. The number of nitrogens with one attached hydrogen (secondary N) is 1. The quantitative estimate of drug-likeness (QED) is 0.777. The molecule has 1 N–H and O–H groups in total. The molecular weight excluding hydrogens is 318 g/mol. The molecule has 1 saturated carbocycles. The van der Waals surface area contributed by atoms with Crippen molar-refractivity contribution in [2.75, 3.05) is 39.3 Å². The summed E-state index contributed by atoms with van der Waals surface area (Å²) in [6.45, 7) is 16.4. The molecule has 0 aromatic rings. The maximum absolute atomic E-state index is 3.58. The number of hydrogen-bond donors (Lipinski definition) is 1. The molecule has 154 valence electrons. The Hall–Kier alpha value is -0.120. The highest BCUT2D eigenvalue weighted by Crippen LogP contribution is 2.29. The summed E-state index contributed by atoms with van der Waals surface area (Å²) in [5.41, 5.74) is 0. The lowest BCUT2D eigenvalue weighted by molar-refractivity contribution is 0.0978. The van der Waals surface area contributed by atoms with Gasteiger partial charge in [-0.3, -0.25) is 4.90 Å². The molecule has 4 aliphatic rings. The van der Waals surface area contributed by atoms with Gasteiger partial charge in [0.2, 0.25) is 0 Å². The van der Waals surface area contributed by atoms with Crippen molar-refractivity contribution in [1.82, 2.24) is 15.1 Å². The van der Waals surface area contributed by atoms with Crippen LogP contribution in [0.2, 0.25) is 0 Å². The normalized spacial score (nSPS) is 30.9. The van der Waals surface area contributed by atoms with Gasteiger partial charge in [0.1, 0.15) is 0 Å². The van der Waals surface area contributed by atoms with E-state index in [-0.39, 0.29) is 0 Å². The van der Waals surface area contributed by atoms with Crippen molar-refractivity contribution in [3.63, 3.8) is 0 Å². The first-order valence-corrected chi connectivity index (χ1v) is 11.9. The number of rotatable bonds is 3. The van der Waals surface area contributed by atoms with Gasteiger partial charge in [-0.15, -0.1) is 0 Å². The summed E-state index contributed by atoms with van der Waals surface area (Å²) in [4.78, 5) is 5.44. The molecule has 2 unspecified atom stereocenters. The van der Waals surface area contributed by atoms with Crippen LogP contribution in [0, 0.1) is 11.8 Å². The van der Waals surface area contributed by atoms with Crippen LogP contribution in [0.1, 0.15) is 85.5 Å². The molecule has 0 aromatic heterocycles. The summed E-state index contributed by atoms with van der Waals surface area (Å²) < 4.78 is 0. The predicted octanol–water partition coefficient (Wildman–Crippen LogP) is 4.77. The van der Waals surface area contributed by atoms with Crippen LogP contribution in [0.4, 0.5) is 0 Å². The highest BCUT2D eigenvalue weighted by molar-refractivity contribution is 4.95. The van der Waals surface area contributed by atoms with Crippen molar-refractivity contribution in [1.29, 1.82) is 0 Å². The summed E-state index contributed by atoms with van der Waals surface area (Å²) in [6.07, 6.45) is 13.2. The minimum Gasteiger partial charge on any atom is -0.314 e. The van der Waals surface area contributed by atoms with Crippen LogP contribution in [0.5, 0.6) is 0 Å². The van der Waals surface area contributed by atoms with Crippen molar-refractivity contribution in [3.05, 3.63) is 0 Å². The minimum atomic E-state index is 0.859. The number of likely N-dealkylation sites (tertiary alicyclic amines) is 1.